The Morgan fingerprint density at radius 3 is 2.65 bits per heavy atom. The van der Waals surface area contributed by atoms with Crippen LogP contribution in [0.5, 0.6) is 5.75 Å². The van der Waals surface area contributed by atoms with Gasteiger partial charge in [-0.05, 0) is 36.8 Å². The zero-order chi connectivity index (χ0) is 16.8. The lowest BCUT2D eigenvalue weighted by atomic mass is 10.1. The molecule has 0 spiro atoms. The highest BCUT2D eigenvalue weighted by Gasteiger charge is 2.13. The van der Waals surface area contributed by atoms with Crippen LogP contribution in [-0.4, -0.2) is 18.4 Å². The molecule has 0 saturated carbocycles. The number of ether oxygens (including phenoxy) is 1. The molecule has 0 saturated heterocycles. The third-order valence-electron chi connectivity index (χ3n) is 3.24. The number of carbonyl (C=O) groups is 2. The van der Waals surface area contributed by atoms with E-state index < -0.39 is 5.91 Å². The van der Waals surface area contributed by atoms with Crippen LogP contribution in [0.3, 0.4) is 0 Å². The first kappa shape index (κ1) is 16.8. The molecule has 5 nitrogen and oxygen atoms in total. The van der Waals surface area contributed by atoms with Gasteiger partial charge in [-0.1, -0.05) is 35.9 Å². The van der Waals surface area contributed by atoms with Crippen LogP contribution in [0.15, 0.2) is 48.5 Å². The van der Waals surface area contributed by atoms with Crippen molar-refractivity contribution in [3.8, 4) is 5.75 Å². The highest BCUT2D eigenvalue weighted by Crippen LogP contribution is 2.18. The van der Waals surface area contributed by atoms with E-state index in [0.29, 0.717) is 5.02 Å². The van der Waals surface area contributed by atoms with Crippen molar-refractivity contribution in [3.63, 3.8) is 0 Å². The summed E-state index contributed by atoms with van der Waals surface area (Å²) in [5.41, 5.74) is 6.39. The average molecular weight is 333 g/mol. The van der Waals surface area contributed by atoms with Gasteiger partial charge in [0.1, 0.15) is 5.75 Å². The smallest absolute Gasteiger partial charge is 0.258 e. The van der Waals surface area contributed by atoms with Gasteiger partial charge in [0.15, 0.2) is 6.61 Å². The van der Waals surface area contributed by atoms with Gasteiger partial charge in [0, 0.05) is 5.02 Å². The molecule has 0 radical (unpaired) electrons. The Hall–Kier alpha value is -2.53. The Labute approximate surface area is 139 Å². The quantitative estimate of drug-likeness (QED) is 0.853. The van der Waals surface area contributed by atoms with Gasteiger partial charge in [0.05, 0.1) is 11.6 Å². The summed E-state index contributed by atoms with van der Waals surface area (Å²) in [6.45, 7) is 1.64. The molecule has 0 aliphatic heterocycles. The second-order valence-corrected chi connectivity index (χ2v) is 5.43. The number of hydrogen-bond acceptors (Lipinski definition) is 3. The van der Waals surface area contributed by atoms with Gasteiger partial charge in [-0.15, -0.1) is 0 Å². The lowest BCUT2D eigenvalue weighted by Crippen LogP contribution is -2.31. The first-order valence-corrected chi connectivity index (χ1v) is 7.41. The maximum atomic E-state index is 12.0. The predicted octanol–water partition coefficient (Wildman–Crippen LogP) is 2.70. The molecule has 6 heteroatoms. The van der Waals surface area contributed by atoms with E-state index in [0.717, 1.165) is 5.56 Å². The molecule has 2 rings (SSSR count). The van der Waals surface area contributed by atoms with Crippen LogP contribution in [0.4, 0.5) is 0 Å². The molecule has 3 N–H and O–H groups in total. The topological polar surface area (TPSA) is 81.4 Å². The fraction of sp³-hybridized carbons (Fsp3) is 0.176. The molecule has 23 heavy (non-hydrogen) atoms. The number of amides is 2. The number of benzene rings is 2. The van der Waals surface area contributed by atoms with Crippen LogP contribution in [0.1, 0.15) is 28.9 Å². The predicted molar refractivity (Wildman–Crippen MR) is 88.5 cm³/mol. The molecule has 2 aromatic carbocycles. The number of halogens is 1. The Morgan fingerprint density at radius 2 is 1.96 bits per heavy atom. The van der Waals surface area contributed by atoms with Gasteiger partial charge >= 0.3 is 0 Å². The fourth-order valence-corrected chi connectivity index (χ4v) is 2.28. The van der Waals surface area contributed by atoms with Crippen molar-refractivity contribution in [2.24, 2.45) is 5.73 Å². The van der Waals surface area contributed by atoms with E-state index in [2.05, 4.69) is 5.32 Å². The van der Waals surface area contributed by atoms with Gasteiger partial charge in [-0.2, -0.15) is 0 Å². The van der Waals surface area contributed by atoms with Gasteiger partial charge in [0.25, 0.3) is 11.8 Å². The van der Waals surface area contributed by atoms with Crippen molar-refractivity contribution in [2.45, 2.75) is 13.0 Å². The number of nitrogens with one attached hydrogen (secondary N) is 1. The number of rotatable bonds is 6. The van der Waals surface area contributed by atoms with Crippen molar-refractivity contribution in [3.05, 3.63) is 64.7 Å². The van der Waals surface area contributed by atoms with E-state index in [1.165, 1.54) is 0 Å². The standard InChI is InChI=1S/C17H17ClN2O3/c1-11(12-5-4-6-13(18)9-12)20-16(21)10-23-15-8-3-2-7-14(15)17(19)22/h2-9,11H,10H2,1H3,(H2,19,22)(H,20,21). The Morgan fingerprint density at radius 1 is 1.22 bits per heavy atom. The van der Waals surface area contributed by atoms with Crippen molar-refractivity contribution < 1.29 is 14.3 Å². The summed E-state index contributed by atoms with van der Waals surface area (Å²) in [5.74, 6) is -0.629. The lowest BCUT2D eigenvalue weighted by molar-refractivity contribution is -0.123. The summed E-state index contributed by atoms with van der Waals surface area (Å²) >= 11 is 5.93. The minimum Gasteiger partial charge on any atom is -0.483 e. The van der Waals surface area contributed by atoms with Crippen LogP contribution >= 0.6 is 11.6 Å². The third kappa shape index (κ3) is 4.72. The molecule has 0 heterocycles. The van der Waals surface area contributed by atoms with Crippen molar-refractivity contribution >= 4 is 23.4 Å². The van der Waals surface area contributed by atoms with Crippen molar-refractivity contribution in [1.29, 1.82) is 0 Å². The number of nitrogens with two attached hydrogens (primary N) is 1. The zero-order valence-electron chi connectivity index (χ0n) is 12.6. The summed E-state index contributed by atoms with van der Waals surface area (Å²) in [4.78, 5) is 23.3. The van der Waals surface area contributed by atoms with Crippen LogP contribution in [0, 0.1) is 0 Å². The average Bonchev–Trinajstić information content (AvgIpc) is 2.53. The molecule has 0 aromatic heterocycles. The Bertz CT molecular complexity index is 718. The number of primary amides is 1. The van der Waals surface area contributed by atoms with Crippen LogP contribution in [0.2, 0.25) is 5.02 Å². The fourth-order valence-electron chi connectivity index (χ4n) is 2.08. The van der Waals surface area contributed by atoms with E-state index >= 15 is 0 Å². The SMILES string of the molecule is CC(NC(=O)COc1ccccc1C(N)=O)c1cccc(Cl)c1. The zero-order valence-corrected chi connectivity index (χ0v) is 13.3. The molecule has 2 amide bonds. The molecule has 0 fully saturated rings. The molecular formula is C17H17ClN2O3. The first-order chi connectivity index (χ1) is 11.0. The van der Waals surface area contributed by atoms with Crippen molar-refractivity contribution in [1.82, 2.24) is 5.32 Å². The number of hydrogen-bond donors (Lipinski definition) is 2. The van der Waals surface area contributed by atoms with E-state index in [-0.39, 0.29) is 29.9 Å². The minimum absolute atomic E-state index is 0.212. The largest absolute Gasteiger partial charge is 0.483 e. The van der Waals surface area contributed by atoms with Gasteiger partial charge in [-0.25, -0.2) is 0 Å². The van der Waals surface area contributed by atoms with E-state index in [1.54, 1.807) is 36.4 Å². The summed E-state index contributed by atoms with van der Waals surface area (Å²) in [6.07, 6.45) is 0. The lowest BCUT2D eigenvalue weighted by Gasteiger charge is -2.15. The molecule has 1 unspecified atom stereocenters. The summed E-state index contributed by atoms with van der Waals surface area (Å²) in [6, 6.07) is 13.6. The van der Waals surface area contributed by atoms with E-state index in [1.807, 2.05) is 19.1 Å². The summed E-state index contributed by atoms with van der Waals surface area (Å²) in [7, 11) is 0. The second-order valence-electron chi connectivity index (χ2n) is 4.99. The molecule has 1 atom stereocenters. The van der Waals surface area contributed by atoms with E-state index in [9.17, 15) is 9.59 Å². The normalized spacial score (nSPS) is 11.6. The van der Waals surface area contributed by atoms with E-state index in [4.69, 9.17) is 22.1 Å². The maximum Gasteiger partial charge on any atom is 0.258 e. The molecule has 0 aliphatic carbocycles. The highest BCUT2D eigenvalue weighted by atomic mass is 35.5. The van der Waals surface area contributed by atoms with Crippen LogP contribution in [0.25, 0.3) is 0 Å². The first-order valence-electron chi connectivity index (χ1n) is 7.04. The van der Waals surface area contributed by atoms with Crippen LogP contribution < -0.4 is 15.8 Å². The summed E-state index contributed by atoms with van der Waals surface area (Å²) in [5, 5.41) is 3.41. The number of para-hydroxylation sites is 1. The Kier molecular flexibility index (Phi) is 5.60. The maximum absolute atomic E-state index is 12.0. The molecule has 120 valence electrons. The van der Waals surface area contributed by atoms with Gasteiger partial charge < -0.3 is 15.8 Å². The monoisotopic (exact) mass is 332 g/mol. The second kappa shape index (κ2) is 7.65. The molecule has 0 aliphatic rings. The van der Waals surface area contributed by atoms with Gasteiger partial charge in [0.2, 0.25) is 0 Å². The van der Waals surface area contributed by atoms with Gasteiger partial charge in [-0.3, -0.25) is 9.59 Å². The molecule has 0 bridgehead atoms. The number of carbonyl (C=O) groups excluding carboxylic acids is 2. The third-order valence-corrected chi connectivity index (χ3v) is 3.47. The molecule has 2 aromatic rings. The minimum atomic E-state index is -0.603. The van der Waals surface area contributed by atoms with Crippen LogP contribution in [-0.2, 0) is 4.79 Å². The Balaban J connectivity index is 1.94. The molecular weight excluding hydrogens is 316 g/mol. The highest BCUT2D eigenvalue weighted by molar-refractivity contribution is 6.30. The van der Waals surface area contributed by atoms with Crippen molar-refractivity contribution in [2.75, 3.05) is 6.61 Å². The summed E-state index contributed by atoms with van der Waals surface area (Å²) < 4.78 is 5.38.